The van der Waals surface area contributed by atoms with E-state index in [0.717, 1.165) is 32.3 Å². The summed E-state index contributed by atoms with van der Waals surface area (Å²) in [7, 11) is 6.63. The van der Waals surface area contributed by atoms with Crippen molar-refractivity contribution < 1.29 is 0 Å². The molecule has 0 bridgehead atoms. The van der Waals surface area contributed by atoms with Gasteiger partial charge in [-0.05, 0) is 95.9 Å². The van der Waals surface area contributed by atoms with Crippen molar-refractivity contribution in [3.63, 3.8) is 0 Å². The average molecular weight is 505 g/mol. The van der Waals surface area contributed by atoms with Gasteiger partial charge in [0, 0.05) is 11.1 Å². The number of hydrogen-bond acceptors (Lipinski definition) is 2. The predicted molar refractivity (Wildman–Crippen MR) is 159 cm³/mol. The van der Waals surface area contributed by atoms with Crippen LogP contribution in [0.3, 0.4) is 0 Å². The van der Waals surface area contributed by atoms with E-state index in [2.05, 4.69) is 111 Å². The van der Waals surface area contributed by atoms with Crippen molar-refractivity contribution in [2.24, 2.45) is 23.2 Å². The van der Waals surface area contributed by atoms with Gasteiger partial charge in [-0.1, -0.05) is 81.4 Å². The summed E-state index contributed by atoms with van der Waals surface area (Å²) in [6, 6.07) is 22.4. The summed E-state index contributed by atoms with van der Waals surface area (Å²) < 4.78 is 0. The van der Waals surface area contributed by atoms with Crippen LogP contribution in [0.15, 0.2) is 71.8 Å². The fourth-order valence-corrected chi connectivity index (χ4v) is 8.44. The van der Waals surface area contributed by atoms with Crippen LogP contribution in [0.25, 0.3) is 11.1 Å². The second kappa shape index (κ2) is 10.2. The van der Waals surface area contributed by atoms with Crippen molar-refractivity contribution in [3.05, 3.63) is 82.9 Å². The predicted octanol–water partition coefficient (Wildman–Crippen LogP) is 6.28. The summed E-state index contributed by atoms with van der Waals surface area (Å²) in [5, 5.41) is 7.52. The molecule has 0 spiro atoms. The molecule has 0 saturated carbocycles. The van der Waals surface area contributed by atoms with E-state index in [-0.39, 0.29) is 10.6 Å². The summed E-state index contributed by atoms with van der Waals surface area (Å²) in [5.41, 5.74) is 9.10. The Morgan fingerprint density at radius 1 is 0.800 bits per heavy atom. The van der Waals surface area contributed by atoms with Crippen LogP contribution in [0, 0.1) is 23.2 Å². The molecular formula is C31H42N2P2. The molecule has 5 rings (SSSR count). The van der Waals surface area contributed by atoms with Crippen LogP contribution < -0.4 is 10.6 Å². The maximum Gasteiger partial charge on any atom is 0.0150 e. The summed E-state index contributed by atoms with van der Waals surface area (Å²) in [5.74, 6) is 1.64. The largest absolute Gasteiger partial charge is 0.316 e. The minimum Gasteiger partial charge on any atom is -0.316 e. The third-order valence-corrected chi connectivity index (χ3v) is 10.3. The summed E-state index contributed by atoms with van der Waals surface area (Å²) in [6.07, 6.45) is 3.50. The molecule has 0 amide bonds. The Labute approximate surface area is 217 Å². The Hall–Kier alpha value is -1.30. The zero-order chi connectivity index (χ0) is 24.6. The molecule has 4 heteroatoms. The lowest BCUT2D eigenvalue weighted by atomic mass is 9.63. The fraction of sp³-hybridized carbons (Fsp3) is 0.484. The van der Waals surface area contributed by atoms with Crippen LogP contribution in [-0.2, 0) is 0 Å². The van der Waals surface area contributed by atoms with Gasteiger partial charge in [-0.25, -0.2) is 0 Å². The quantitative estimate of drug-likeness (QED) is 0.453. The highest BCUT2D eigenvalue weighted by Gasteiger charge is 2.54. The highest BCUT2D eigenvalue weighted by molar-refractivity contribution is 7.19. The molecule has 2 aliphatic heterocycles. The second-order valence-electron chi connectivity index (χ2n) is 11.7. The summed E-state index contributed by atoms with van der Waals surface area (Å²) in [6.45, 7) is 11.9. The zero-order valence-corrected chi connectivity index (χ0v) is 23.9. The molecule has 2 heterocycles. The normalized spacial score (nSPS) is 27.1. The van der Waals surface area contributed by atoms with Crippen molar-refractivity contribution in [3.8, 4) is 0 Å². The van der Waals surface area contributed by atoms with Gasteiger partial charge in [-0.2, -0.15) is 0 Å². The minimum atomic E-state index is 0.0768. The third kappa shape index (κ3) is 4.51. The number of nitrogens with one attached hydrogen (secondary N) is 2. The molecule has 2 saturated heterocycles. The van der Waals surface area contributed by atoms with Gasteiger partial charge in [0.2, 0.25) is 0 Å². The topological polar surface area (TPSA) is 24.1 Å². The number of benzene rings is 2. The molecule has 2 fully saturated rings. The Kier molecular flexibility index (Phi) is 7.40. The van der Waals surface area contributed by atoms with Crippen LogP contribution in [-0.4, -0.2) is 37.5 Å². The molecule has 186 valence electrons. The molecule has 35 heavy (non-hydrogen) atoms. The van der Waals surface area contributed by atoms with Gasteiger partial charge in [-0.3, -0.25) is 0 Å². The standard InChI is InChI=1S/C31H42N2P2/c1-30(2,3)29-27(22-12-8-5-9-13-22)26(21-10-6-4-7-11-21)25(20-34)28(29)31(35,23-14-16-32-18-23)24-15-17-33-19-24/h4-13,23-24,29,32-33H,14-20,34-35H2,1-3H3. The first-order chi connectivity index (χ1) is 16.9. The van der Waals surface area contributed by atoms with Gasteiger partial charge in [-0.15, -0.1) is 18.5 Å². The maximum absolute atomic E-state index is 3.72. The highest BCUT2D eigenvalue weighted by Crippen LogP contribution is 2.62. The summed E-state index contributed by atoms with van der Waals surface area (Å²) >= 11 is 0. The van der Waals surface area contributed by atoms with Crippen LogP contribution in [0.5, 0.6) is 0 Å². The van der Waals surface area contributed by atoms with Crippen molar-refractivity contribution in [1.29, 1.82) is 0 Å². The zero-order valence-electron chi connectivity index (χ0n) is 21.6. The van der Waals surface area contributed by atoms with E-state index >= 15 is 0 Å². The van der Waals surface area contributed by atoms with Crippen LogP contribution >= 0.6 is 18.5 Å². The molecular weight excluding hydrogens is 462 g/mol. The van der Waals surface area contributed by atoms with Gasteiger partial charge in [0.15, 0.2) is 0 Å². The second-order valence-corrected chi connectivity index (χ2v) is 13.1. The molecule has 2 aromatic carbocycles. The van der Waals surface area contributed by atoms with E-state index in [4.69, 9.17) is 0 Å². The molecule has 2 nitrogen and oxygen atoms in total. The Bertz CT molecular complexity index is 1070. The Morgan fingerprint density at radius 2 is 1.31 bits per heavy atom. The third-order valence-electron chi connectivity index (χ3n) is 8.63. The van der Waals surface area contributed by atoms with Gasteiger partial charge in [0.05, 0.1) is 0 Å². The smallest absolute Gasteiger partial charge is 0.0150 e. The van der Waals surface area contributed by atoms with Crippen LogP contribution in [0.4, 0.5) is 0 Å². The van der Waals surface area contributed by atoms with E-state index in [1.165, 1.54) is 35.1 Å². The SMILES string of the molecule is CC(C)(C)C1C(c2ccccc2)=C(c2ccccc2)C(CP)=C1C(P)(C1CCNC1)C1CCNC1. The van der Waals surface area contributed by atoms with Crippen molar-refractivity contribution in [2.75, 3.05) is 32.3 Å². The number of hydrogen-bond donors (Lipinski definition) is 2. The summed E-state index contributed by atoms with van der Waals surface area (Å²) in [4.78, 5) is 0. The Morgan fingerprint density at radius 3 is 1.74 bits per heavy atom. The lowest BCUT2D eigenvalue weighted by Crippen LogP contribution is -2.47. The lowest BCUT2D eigenvalue weighted by Gasteiger charge is -2.48. The molecule has 2 N–H and O–H groups in total. The first kappa shape index (κ1) is 25.4. The molecule has 5 atom stereocenters. The molecule has 2 aromatic rings. The fourth-order valence-electron chi connectivity index (χ4n) is 7.11. The number of rotatable bonds is 6. The van der Waals surface area contributed by atoms with Gasteiger partial charge in [0.1, 0.15) is 0 Å². The maximum atomic E-state index is 3.72. The monoisotopic (exact) mass is 504 g/mol. The first-order valence-electron chi connectivity index (χ1n) is 13.4. The van der Waals surface area contributed by atoms with E-state index in [1.807, 2.05) is 0 Å². The van der Waals surface area contributed by atoms with Gasteiger partial charge < -0.3 is 10.6 Å². The highest BCUT2D eigenvalue weighted by atomic mass is 31.0. The first-order valence-corrected chi connectivity index (χ1v) is 14.8. The molecule has 0 aromatic heterocycles. The average Bonchev–Trinajstić information content (AvgIpc) is 3.64. The van der Waals surface area contributed by atoms with Crippen molar-refractivity contribution in [1.82, 2.24) is 10.6 Å². The molecule has 1 aliphatic carbocycles. The van der Waals surface area contributed by atoms with Crippen molar-refractivity contribution in [2.45, 2.75) is 38.8 Å². The minimum absolute atomic E-state index is 0.0768. The van der Waals surface area contributed by atoms with Gasteiger partial charge >= 0.3 is 0 Å². The van der Waals surface area contributed by atoms with E-state index < -0.39 is 0 Å². The van der Waals surface area contributed by atoms with E-state index in [0.29, 0.717) is 17.8 Å². The van der Waals surface area contributed by atoms with Gasteiger partial charge in [0.25, 0.3) is 0 Å². The molecule has 3 aliphatic rings. The Balaban J connectivity index is 1.82. The van der Waals surface area contributed by atoms with E-state index in [1.54, 1.807) is 11.1 Å². The van der Waals surface area contributed by atoms with Crippen LogP contribution in [0.2, 0.25) is 0 Å². The molecule has 0 radical (unpaired) electrons. The number of allylic oxidation sites excluding steroid dienone is 4. The molecule has 5 unspecified atom stereocenters. The van der Waals surface area contributed by atoms with Crippen molar-refractivity contribution >= 4 is 29.6 Å². The van der Waals surface area contributed by atoms with Crippen LogP contribution in [0.1, 0.15) is 44.7 Å². The van der Waals surface area contributed by atoms with E-state index in [9.17, 15) is 0 Å². The lowest BCUT2D eigenvalue weighted by molar-refractivity contribution is 0.269.